The minimum atomic E-state index is -0.616. The zero-order valence-electron chi connectivity index (χ0n) is 6.91. The zero-order chi connectivity index (χ0) is 8.43. The number of carboxylic acid groups (broad SMARTS) is 1. The summed E-state index contributed by atoms with van der Waals surface area (Å²) in [5, 5.41) is 9.09. The van der Waals surface area contributed by atoms with E-state index in [1.54, 1.807) is 11.8 Å². The van der Waals surface area contributed by atoms with Gasteiger partial charge in [-0.25, -0.2) is 0 Å². The molecule has 0 aromatic carbocycles. The summed E-state index contributed by atoms with van der Waals surface area (Å²) in [5.74, 6) is 0.749. The van der Waals surface area contributed by atoms with Crippen LogP contribution in [0.5, 0.6) is 0 Å². The SMILES string of the molecule is CC(C)CC1SCC1C(=O)O. The van der Waals surface area contributed by atoms with Crippen molar-refractivity contribution < 1.29 is 9.90 Å². The van der Waals surface area contributed by atoms with Crippen LogP contribution < -0.4 is 0 Å². The number of carboxylic acids is 1. The highest BCUT2D eigenvalue weighted by Gasteiger charge is 2.37. The lowest BCUT2D eigenvalue weighted by Crippen LogP contribution is -2.37. The molecule has 0 amide bonds. The van der Waals surface area contributed by atoms with Crippen LogP contribution in [-0.2, 0) is 4.79 Å². The van der Waals surface area contributed by atoms with Gasteiger partial charge in [-0.2, -0.15) is 11.8 Å². The van der Waals surface area contributed by atoms with Crippen molar-refractivity contribution in [3.05, 3.63) is 0 Å². The van der Waals surface area contributed by atoms with Gasteiger partial charge < -0.3 is 5.11 Å². The third-order valence-corrected chi connectivity index (χ3v) is 3.46. The minimum absolute atomic E-state index is 0.0672. The van der Waals surface area contributed by atoms with Gasteiger partial charge in [-0.1, -0.05) is 13.8 Å². The standard InChI is InChI=1S/C8H14O2S/c1-5(2)3-7-6(4-11-7)8(9)10/h5-7H,3-4H2,1-2H3,(H,9,10). The van der Waals surface area contributed by atoms with Crippen molar-refractivity contribution in [3.63, 3.8) is 0 Å². The Labute approximate surface area is 71.4 Å². The highest BCUT2D eigenvalue weighted by molar-refractivity contribution is 8.01. The van der Waals surface area contributed by atoms with E-state index in [1.807, 2.05) is 0 Å². The van der Waals surface area contributed by atoms with Crippen LogP contribution in [0.1, 0.15) is 20.3 Å². The lowest BCUT2D eigenvalue weighted by molar-refractivity contribution is -0.141. The first-order chi connectivity index (χ1) is 5.11. The molecule has 0 aromatic heterocycles. The van der Waals surface area contributed by atoms with E-state index in [0.717, 1.165) is 12.2 Å². The second-order valence-electron chi connectivity index (χ2n) is 3.45. The van der Waals surface area contributed by atoms with Gasteiger partial charge in [0.2, 0.25) is 0 Å². The second-order valence-corrected chi connectivity index (χ2v) is 4.72. The molecule has 2 atom stereocenters. The van der Waals surface area contributed by atoms with Crippen molar-refractivity contribution in [1.29, 1.82) is 0 Å². The second kappa shape index (κ2) is 3.48. The van der Waals surface area contributed by atoms with E-state index in [9.17, 15) is 4.79 Å². The Hall–Kier alpha value is -0.180. The molecule has 2 unspecified atom stereocenters. The first-order valence-electron chi connectivity index (χ1n) is 3.95. The van der Waals surface area contributed by atoms with Gasteiger partial charge in [0.05, 0.1) is 5.92 Å². The number of hydrogen-bond donors (Lipinski definition) is 1. The third kappa shape index (κ3) is 2.12. The molecule has 0 aliphatic carbocycles. The van der Waals surface area contributed by atoms with Crippen molar-refractivity contribution in [3.8, 4) is 0 Å². The van der Waals surface area contributed by atoms with E-state index < -0.39 is 5.97 Å². The molecule has 0 saturated carbocycles. The molecule has 2 nitrogen and oxygen atoms in total. The summed E-state index contributed by atoms with van der Waals surface area (Å²) in [5.41, 5.74) is 0. The van der Waals surface area contributed by atoms with Gasteiger partial charge in [-0.15, -0.1) is 0 Å². The quantitative estimate of drug-likeness (QED) is 0.709. The summed E-state index contributed by atoms with van der Waals surface area (Å²) in [6.07, 6.45) is 1.04. The average molecular weight is 174 g/mol. The summed E-state index contributed by atoms with van der Waals surface area (Å²) < 4.78 is 0. The lowest BCUT2D eigenvalue weighted by Gasteiger charge is -2.33. The molecular formula is C8H14O2S. The van der Waals surface area contributed by atoms with Crippen LogP contribution >= 0.6 is 11.8 Å². The Morgan fingerprint density at radius 3 is 2.64 bits per heavy atom. The molecule has 1 saturated heterocycles. The normalized spacial score (nSPS) is 30.1. The monoisotopic (exact) mass is 174 g/mol. The molecule has 64 valence electrons. The molecule has 0 spiro atoms. The average Bonchev–Trinajstić information content (AvgIpc) is 1.78. The maximum atomic E-state index is 10.6. The van der Waals surface area contributed by atoms with E-state index in [1.165, 1.54) is 0 Å². The maximum absolute atomic E-state index is 10.6. The van der Waals surface area contributed by atoms with Crippen molar-refractivity contribution in [2.75, 3.05) is 5.75 Å². The summed E-state index contributed by atoms with van der Waals surface area (Å²) in [4.78, 5) is 10.6. The molecule has 3 heteroatoms. The van der Waals surface area contributed by atoms with E-state index in [4.69, 9.17) is 5.11 Å². The predicted molar refractivity (Wildman–Crippen MR) is 46.8 cm³/mol. The van der Waals surface area contributed by atoms with Gasteiger partial charge in [0.25, 0.3) is 0 Å². The number of carbonyl (C=O) groups is 1. The summed E-state index contributed by atoms with van der Waals surface area (Å²) in [6.45, 7) is 4.27. The molecule has 1 rings (SSSR count). The molecule has 1 fully saturated rings. The molecule has 1 N–H and O–H groups in total. The molecule has 1 heterocycles. The smallest absolute Gasteiger partial charge is 0.308 e. The van der Waals surface area contributed by atoms with Crippen molar-refractivity contribution in [2.45, 2.75) is 25.5 Å². The third-order valence-electron chi connectivity index (χ3n) is 1.96. The van der Waals surface area contributed by atoms with Crippen LogP contribution in [0.3, 0.4) is 0 Å². The molecular weight excluding hydrogens is 160 g/mol. The van der Waals surface area contributed by atoms with E-state index in [2.05, 4.69) is 13.8 Å². The minimum Gasteiger partial charge on any atom is -0.481 e. The predicted octanol–water partition coefficient (Wildman–Crippen LogP) is 1.85. The van der Waals surface area contributed by atoms with Gasteiger partial charge >= 0.3 is 5.97 Å². The summed E-state index contributed by atoms with van der Waals surface area (Å²) in [6, 6.07) is 0. The highest BCUT2D eigenvalue weighted by Crippen LogP contribution is 2.38. The molecule has 0 aromatic rings. The summed E-state index contributed by atoms with van der Waals surface area (Å²) in [7, 11) is 0. The highest BCUT2D eigenvalue weighted by atomic mass is 32.2. The van der Waals surface area contributed by atoms with Crippen molar-refractivity contribution >= 4 is 17.7 Å². The van der Waals surface area contributed by atoms with Crippen LogP contribution in [-0.4, -0.2) is 22.1 Å². The van der Waals surface area contributed by atoms with Gasteiger partial charge in [0, 0.05) is 11.0 Å². The van der Waals surface area contributed by atoms with Crippen LogP contribution in [0.2, 0.25) is 0 Å². The van der Waals surface area contributed by atoms with E-state index >= 15 is 0 Å². The van der Waals surface area contributed by atoms with Gasteiger partial charge in [0.1, 0.15) is 0 Å². The molecule has 1 aliphatic heterocycles. The van der Waals surface area contributed by atoms with Crippen molar-refractivity contribution in [1.82, 2.24) is 0 Å². The first kappa shape index (κ1) is 8.91. The Morgan fingerprint density at radius 1 is 1.73 bits per heavy atom. The van der Waals surface area contributed by atoms with Gasteiger partial charge in [0.15, 0.2) is 0 Å². The topological polar surface area (TPSA) is 37.3 Å². The number of hydrogen-bond acceptors (Lipinski definition) is 2. The van der Waals surface area contributed by atoms with Gasteiger partial charge in [-0.3, -0.25) is 4.79 Å². The number of rotatable bonds is 3. The molecule has 0 bridgehead atoms. The maximum Gasteiger partial charge on any atom is 0.308 e. The Balaban J connectivity index is 2.31. The van der Waals surface area contributed by atoms with Crippen molar-refractivity contribution in [2.24, 2.45) is 11.8 Å². The summed E-state index contributed by atoms with van der Waals surface area (Å²) >= 11 is 1.79. The van der Waals surface area contributed by atoms with Crippen LogP contribution in [0.15, 0.2) is 0 Å². The Morgan fingerprint density at radius 2 is 2.36 bits per heavy atom. The van der Waals surface area contributed by atoms with Crippen LogP contribution in [0.25, 0.3) is 0 Å². The van der Waals surface area contributed by atoms with Crippen LogP contribution in [0, 0.1) is 11.8 Å². The van der Waals surface area contributed by atoms with Crippen LogP contribution in [0.4, 0.5) is 0 Å². The Bertz CT molecular complexity index is 156. The molecule has 0 radical (unpaired) electrons. The van der Waals surface area contributed by atoms with E-state index in [0.29, 0.717) is 11.2 Å². The fourth-order valence-corrected chi connectivity index (χ4v) is 2.69. The number of thioether (sulfide) groups is 1. The Kier molecular flexibility index (Phi) is 2.82. The molecule has 11 heavy (non-hydrogen) atoms. The molecule has 1 aliphatic rings. The fraction of sp³-hybridized carbons (Fsp3) is 0.875. The zero-order valence-corrected chi connectivity index (χ0v) is 7.73. The fourth-order valence-electron chi connectivity index (χ4n) is 1.26. The van der Waals surface area contributed by atoms with E-state index in [-0.39, 0.29) is 5.92 Å². The van der Waals surface area contributed by atoms with Gasteiger partial charge in [-0.05, 0) is 12.3 Å². The lowest BCUT2D eigenvalue weighted by atomic mass is 9.98. The first-order valence-corrected chi connectivity index (χ1v) is 5.00. The largest absolute Gasteiger partial charge is 0.481 e. The number of aliphatic carboxylic acids is 1.